The van der Waals surface area contributed by atoms with Crippen molar-refractivity contribution in [3.63, 3.8) is 0 Å². The molecule has 1 aliphatic carbocycles. The van der Waals surface area contributed by atoms with Gasteiger partial charge in [0.15, 0.2) is 0 Å². The first-order valence-corrected chi connectivity index (χ1v) is 10.1. The Morgan fingerprint density at radius 1 is 1.00 bits per heavy atom. The van der Waals surface area contributed by atoms with Gasteiger partial charge in [-0.25, -0.2) is 0 Å². The van der Waals surface area contributed by atoms with Gasteiger partial charge >= 0.3 is 0 Å². The Labute approximate surface area is 149 Å². The van der Waals surface area contributed by atoms with Crippen LogP contribution in [0, 0.1) is 11.8 Å². The Morgan fingerprint density at radius 2 is 1.71 bits per heavy atom. The monoisotopic (exact) mass is 328 g/mol. The summed E-state index contributed by atoms with van der Waals surface area (Å²) in [6.45, 7) is 6.03. The second-order valence-corrected chi connectivity index (χ2v) is 7.42. The third kappa shape index (κ3) is 7.21. The van der Waals surface area contributed by atoms with Crippen molar-refractivity contribution in [3.8, 4) is 0 Å². The summed E-state index contributed by atoms with van der Waals surface area (Å²) in [4.78, 5) is 0. The predicted molar refractivity (Wildman–Crippen MR) is 104 cm³/mol. The number of ether oxygens (including phenoxy) is 1. The van der Waals surface area contributed by atoms with E-state index in [9.17, 15) is 0 Å². The van der Waals surface area contributed by atoms with Gasteiger partial charge in [-0.05, 0) is 74.8 Å². The van der Waals surface area contributed by atoms with Gasteiger partial charge in [-0.2, -0.15) is 0 Å². The quantitative estimate of drug-likeness (QED) is 0.342. The van der Waals surface area contributed by atoms with Gasteiger partial charge in [-0.1, -0.05) is 56.2 Å². The molecule has 134 valence electrons. The maximum Gasteiger partial charge on any atom is 0.0716 e. The van der Waals surface area contributed by atoms with Gasteiger partial charge in [0.05, 0.1) is 6.61 Å². The molecule has 1 heteroatoms. The molecule has 0 heterocycles. The molecule has 0 aromatic heterocycles. The molecule has 0 bridgehead atoms. The molecule has 0 aliphatic heterocycles. The first kappa shape index (κ1) is 19.2. The molecule has 1 aromatic carbocycles. The Morgan fingerprint density at radius 3 is 2.38 bits per heavy atom. The van der Waals surface area contributed by atoms with Gasteiger partial charge in [0.2, 0.25) is 0 Å². The fraction of sp³-hybridized carbons (Fsp3) is 0.652. The third-order valence-corrected chi connectivity index (χ3v) is 5.38. The molecule has 1 saturated carbocycles. The second kappa shape index (κ2) is 11.5. The van der Waals surface area contributed by atoms with E-state index in [0.717, 1.165) is 25.0 Å². The van der Waals surface area contributed by atoms with Crippen LogP contribution in [-0.4, -0.2) is 6.61 Å². The van der Waals surface area contributed by atoms with Crippen LogP contribution in [0.1, 0.15) is 76.3 Å². The lowest BCUT2D eigenvalue weighted by atomic mass is 9.79. The maximum absolute atomic E-state index is 5.74. The van der Waals surface area contributed by atoms with E-state index in [1.54, 1.807) is 0 Å². The number of allylic oxidation sites excluding steroid dienone is 2. The number of hydrogen-bond donors (Lipinski definition) is 0. The summed E-state index contributed by atoms with van der Waals surface area (Å²) in [5, 5.41) is 0. The van der Waals surface area contributed by atoms with E-state index in [-0.39, 0.29) is 0 Å². The van der Waals surface area contributed by atoms with Crippen LogP contribution in [0.5, 0.6) is 0 Å². The fourth-order valence-corrected chi connectivity index (χ4v) is 3.76. The molecule has 1 aliphatic rings. The van der Waals surface area contributed by atoms with Gasteiger partial charge in [0.1, 0.15) is 0 Å². The highest BCUT2D eigenvalue weighted by molar-refractivity contribution is 5.22. The normalized spacial score (nSPS) is 21.4. The average Bonchev–Trinajstić information content (AvgIpc) is 2.62. The number of benzene rings is 1. The van der Waals surface area contributed by atoms with E-state index in [1.165, 1.54) is 68.9 Å². The van der Waals surface area contributed by atoms with Crippen molar-refractivity contribution in [1.29, 1.82) is 0 Å². The molecule has 0 radical (unpaired) electrons. The van der Waals surface area contributed by atoms with Crippen LogP contribution in [0.3, 0.4) is 0 Å². The van der Waals surface area contributed by atoms with Gasteiger partial charge in [-0.15, -0.1) is 0 Å². The van der Waals surface area contributed by atoms with Crippen molar-refractivity contribution in [2.45, 2.75) is 78.2 Å². The van der Waals surface area contributed by atoms with Gasteiger partial charge in [0, 0.05) is 6.61 Å². The Bertz CT molecular complexity index is 451. The molecule has 1 fully saturated rings. The minimum atomic E-state index is 0.763. The zero-order valence-electron chi connectivity index (χ0n) is 15.8. The van der Waals surface area contributed by atoms with Crippen LogP contribution < -0.4 is 0 Å². The SMILES string of the molecule is CC=CC1CCC(CCc2ccc(COCCCCC)cc2)CC1. The van der Waals surface area contributed by atoms with Gasteiger partial charge in [-0.3, -0.25) is 0 Å². The lowest BCUT2D eigenvalue weighted by Crippen LogP contribution is -2.13. The zero-order valence-corrected chi connectivity index (χ0v) is 15.8. The molecule has 24 heavy (non-hydrogen) atoms. The van der Waals surface area contributed by atoms with Crippen molar-refractivity contribution in [1.82, 2.24) is 0 Å². The standard InChI is InChI=1S/C23H36O/c1-3-5-6-18-24-19-23-16-14-22(15-17-23)13-12-21-10-8-20(7-4-2)9-11-21/h4,7,14-17,20-21H,3,5-6,8-13,18-19H2,1-2H3. The molecule has 0 atom stereocenters. The summed E-state index contributed by atoms with van der Waals surface area (Å²) in [5.74, 6) is 1.79. The van der Waals surface area contributed by atoms with E-state index in [4.69, 9.17) is 4.74 Å². The molecule has 2 rings (SSSR count). The third-order valence-electron chi connectivity index (χ3n) is 5.38. The summed E-state index contributed by atoms with van der Waals surface area (Å²) in [6, 6.07) is 9.10. The average molecular weight is 329 g/mol. The minimum absolute atomic E-state index is 0.763. The highest BCUT2D eigenvalue weighted by Crippen LogP contribution is 2.32. The first-order chi connectivity index (χ1) is 11.8. The smallest absolute Gasteiger partial charge is 0.0716 e. The van der Waals surface area contributed by atoms with E-state index in [0.29, 0.717) is 0 Å². The largest absolute Gasteiger partial charge is 0.377 e. The zero-order chi connectivity index (χ0) is 17.0. The van der Waals surface area contributed by atoms with Crippen molar-refractivity contribution < 1.29 is 4.74 Å². The molecule has 0 N–H and O–H groups in total. The van der Waals surface area contributed by atoms with Crippen molar-refractivity contribution in [2.24, 2.45) is 11.8 Å². The molecule has 0 saturated heterocycles. The predicted octanol–water partition coefficient (Wildman–Crippen LogP) is 6.71. The summed E-state index contributed by atoms with van der Waals surface area (Å²) in [5.41, 5.74) is 2.79. The minimum Gasteiger partial charge on any atom is -0.377 e. The maximum atomic E-state index is 5.74. The Kier molecular flexibility index (Phi) is 9.20. The molecule has 1 aromatic rings. The van der Waals surface area contributed by atoms with E-state index in [1.807, 2.05) is 0 Å². The number of unbranched alkanes of at least 4 members (excludes halogenated alkanes) is 2. The highest BCUT2D eigenvalue weighted by Gasteiger charge is 2.18. The first-order valence-electron chi connectivity index (χ1n) is 10.1. The fourth-order valence-electron chi connectivity index (χ4n) is 3.76. The molecule has 0 amide bonds. The lowest BCUT2D eigenvalue weighted by Gasteiger charge is -2.26. The summed E-state index contributed by atoms with van der Waals surface area (Å²) in [7, 11) is 0. The Hall–Kier alpha value is -1.08. The summed E-state index contributed by atoms with van der Waals surface area (Å²) >= 11 is 0. The molecule has 0 spiro atoms. The van der Waals surface area contributed by atoms with Crippen LogP contribution in [0.25, 0.3) is 0 Å². The van der Waals surface area contributed by atoms with Crippen molar-refractivity contribution >= 4 is 0 Å². The number of hydrogen-bond acceptors (Lipinski definition) is 1. The van der Waals surface area contributed by atoms with Crippen LogP contribution in [-0.2, 0) is 17.8 Å². The van der Waals surface area contributed by atoms with Crippen molar-refractivity contribution in [3.05, 3.63) is 47.5 Å². The van der Waals surface area contributed by atoms with Crippen LogP contribution in [0.4, 0.5) is 0 Å². The van der Waals surface area contributed by atoms with Crippen LogP contribution in [0.15, 0.2) is 36.4 Å². The highest BCUT2D eigenvalue weighted by atomic mass is 16.5. The second-order valence-electron chi connectivity index (χ2n) is 7.42. The molecular formula is C23H36O. The van der Waals surface area contributed by atoms with E-state index >= 15 is 0 Å². The van der Waals surface area contributed by atoms with Gasteiger partial charge < -0.3 is 4.74 Å². The topological polar surface area (TPSA) is 9.23 Å². The van der Waals surface area contributed by atoms with E-state index in [2.05, 4.69) is 50.3 Å². The van der Waals surface area contributed by atoms with Crippen LogP contribution in [0.2, 0.25) is 0 Å². The number of rotatable bonds is 10. The number of aryl methyl sites for hydroxylation is 1. The summed E-state index contributed by atoms with van der Waals surface area (Å²) in [6.07, 6.45) is 16.5. The molecular weight excluding hydrogens is 292 g/mol. The Balaban J connectivity index is 1.63. The molecule has 0 unspecified atom stereocenters. The van der Waals surface area contributed by atoms with Crippen LogP contribution >= 0.6 is 0 Å². The summed E-state index contributed by atoms with van der Waals surface area (Å²) < 4.78 is 5.74. The molecule has 1 nitrogen and oxygen atoms in total. The van der Waals surface area contributed by atoms with E-state index < -0.39 is 0 Å². The lowest BCUT2D eigenvalue weighted by molar-refractivity contribution is 0.117. The van der Waals surface area contributed by atoms with Gasteiger partial charge in [0.25, 0.3) is 0 Å². The van der Waals surface area contributed by atoms with Crippen molar-refractivity contribution in [2.75, 3.05) is 6.61 Å².